The number of hydrogen-bond acceptors (Lipinski definition) is 5. The molecule has 0 saturated carbocycles. The van der Waals surface area contributed by atoms with Gasteiger partial charge in [0.1, 0.15) is 0 Å². The molecule has 1 N–H and O–H groups in total. The largest absolute Gasteiger partial charge is 0.375 e. The van der Waals surface area contributed by atoms with Gasteiger partial charge in [0.2, 0.25) is 0 Å². The van der Waals surface area contributed by atoms with E-state index in [9.17, 15) is 24.8 Å². The Bertz CT molecular complexity index is 924. The molecule has 7 nitrogen and oxygen atoms in total. The smallest absolute Gasteiger partial charge is 0.270 e. The zero-order chi connectivity index (χ0) is 18.9. The highest BCUT2D eigenvalue weighted by Crippen LogP contribution is 2.42. The quantitative estimate of drug-likeness (QED) is 0.373. The van der Waals surface area contributed by atoms with Crippen molar-refractivity contribution in [2.24, 2.45) is 0 Å². The SMILES string of the molecule is C=CCN1C(=O)[C@](O)(CC(=O)c2cccc([N+](=O)[O-])c2)c2ccccc21. The summed E-state index contributed by atoms with van der Waals surface area (Å²) in [6.07, 6.45) is 1.03. The van der Waals surface area contributed by atoms with Crippen molar-refractivity contribution in [1.29, 1.82) is 0 Å². The number of anilines is 1. The number of nitro benzene ring substituents is 1. The monoisotopic (exact) mass is 352 g/mol. The fourth-order valence-corrected chi connectivity index (χ4v) is 3.12. The summed E-state index contributed by atoms with van der Waals surface area (Å²) in [5.41, 5.74) is -1.31. The van der Waals surface area contributed by atoms with E-state index in [0.29, 0.717) is 11.3 Å². The van der Waals surface area contributed by atoms with Crippen molar-refractivity contribution < 1.29 is 19.6 Å². The number of benzene rings is 2. The summed E-state index contributed by atoms with van der Waals surface area (Å²) in [5.74, 6) is -1.17. The topological polar surface area (TPSA) is 101 Å². The Kier molecular flexibility index (Phi) is 4.40. The lowest BCUT2D eigenvalue weighted by molar-refractivity contribution is -0.384. The van der Waals surface area contributed by atoms with E-state index in [1.54, 1.807) is 24.3 Å². The van der Waals surface area contributed by atoms with Crippen LogP contribution in [0.3, 0.4) is 0 Å². The van der Waals surface area contributed by atoms with Crippen LogP contribution >= 0.6 is 0 Å². The summed E-state index contributed by atoms with van der Waals surface area (Å²) in [4.78, 5) is 37.1. The van der Waals surface area contributed by atoms with Gasteiger partial charge in [-0.15, -0.1) is 6.58 Å². The van der Waals surface area contributed by atoms with Gasteiger partial charge < -0.3 is 10.0 Å². The predicted molar refractivity (Wildman–Crippen MR) is 94.9 cm³/mol. The molecule has 1 heterocycles. The number of nitro groups is 1. The van der Waals surface area contributed by atoms with Gasteiger partial charge in [-0.3, -0.25) is 19.7 Å². The first-order valence-corrected chi connectivity index (χ1v) is 7.91. The molecule has 0 bridgehead atoms. The molecule has 26 heavy (non-hydrogen) atoms. The molecular weight excluding hydrogens is 336 g/mol. The molecule has 0 radical (unpaired) electrons. The lowest BCUT2D eigenvalue weighted by atomic mass is 9.88. The molecule has 3 rings (SSSR count). The van der Waals surface area contributed by atoms with E-state index in [2.05, 4.69) is 6.58 Å². The molecule has 2 aromatic carbocycles. The summed E-state index contributed by atoms with van der Waals surface area (Å²) in [7, 11) is 0. The molecule has 0 aromatic heterocycles. The third-order valence-electron chi connectivity index (χ3n) is 4.35. The lowest BCUT2D eigenvalue weighted by Crippen LogP contribution is -2.41. The second-order valence-corrected chi connectivity index (χ2v) is 5.99. The second kappa shape index (κ2) is 6.53. The Morgan fingerprint density at radius 1 is 1.27 bits per heavy atom. The number of ketones is 1. The summed E-state index contributed by atoms with van der Waals surface area (Å²) in [6.45, 7) is 3.81. The van der Waals surface area contributed by atoms with Crippen molar-refractivity contribution in [3.05, 3.63) is 82.4 Å². The molecule has 0 fully saturated rings. The van der Waals surface area contributed by atoms with Gasteiger partial charge in [0.05, 0.1) is 17.0 Å². The minimum Gasteiger partial charge on any atom is -0.375 e. The van der Waals surface area contributed by atoms with Gasteiger partial charge in [-0.25, -0.2) is 0 Å². The van der Waals surface area contributed by atoms with E-state index in [1.165, 1.54) is 29.2 Å². The van der Waals surface area contributed by atoms with Crippen LogP contribution in [0.25, 0.3) is 0 Å². The van der Waals surface area contributed by atoms with Crippen molar-refractivity contribution in [3.8, 4) is 0 Å². The van der Waals surface area contributed by atoms with Gasteiger partial charge >= 0.3 is 0 Å². The van der Waals surface area contributed by atoms with Crippen molar-refractivity contribution in [2.45, 2.75) is 12.0 Å². The number of Topliss-reactive ketones (excluding diaryl/α,β-unsaturated/α-hetero) is 1. The number of para-hydroxylation sites is 1. The number of carbonyl (C=O) groups excluding carboxylic acids is 2. The van der Waals surface area contributed by atoms with Gasteiger partial charge in [0.25, 0.3) is 11.6 Å². The number of hydrogen-bond donors (Lipinski definition) is 1. The first-order valence-electron chi connectivity index (χ1n) is 7.91. The van der Waals surface area contributed by atoms with E-state index in [4.69, 9.17) is 0 Å². The molecule has 2 aromatic rings. The van der Waals surface area contributed by atoms with Crippen LogP contribution in [0.2, 0.25) is 0 Å². The highest BCUT2D eigenvalue weighted by atomic mass is 16.6. The van der Waals surface area contributed by atoms with Crippen LogP contribution in [-0.4, -0.2) is 28.3 Å². The average molecular weight is 352 g/mol. The fraction of sp³-hybridized carbons (Fsp3) is 0.158. The van der Waals surface area contributed by atoms with Crippen LogP contribution < -0.4 is 4.90 Å². The maximum absolute atomic E-state index is 12.8. The van der Waals surface area contributed by atoms with Crippen molar-refractivity contribution in [3.63, 3.8) is 0 Å². The highest BCUT2D eigenvalue weighted by Gasteiger charge is 2.50. The van der Waals surface area contributed by atoms with E-state index in [0.717, 1.165) is 6.07 Å². The first-order chi connectivity index (χ1) is 12.4. The van der Waals surface area contributed by atoms with Crippen LogP contribution in [0, 0.1) is 10.1 Å². The molecule has 1 aliphatic rings. The van der Waals surface area contributed by atoms with Gasteiger partial charge in [-0.1, -0.05) is 36.4 Å². The van der Waals surface area contributed by atoms with E-state index in [-0.39, 0.29) is 17.8 Å². The molecular formula is C19H16N2O5. The Hall–Kier alpha value is -3.32. The summed E-state index contributed by atoms with van der Waals surface area (Å²) >= 11 is 0. The number of fused-ring (bicyclic) bond motifs is 1. The Morgan fingerprint density at radius 2 is 2.00 bits per heavy atom. The number of carbonyl (C=O) groups is 2. The van der Waals surface area contributed by atoms with Crippen molar-refractivity contribution in [2.75, 3.05) is 11.4 Å². The van der Waals surface area contributed by atoms with Crippen LogP contribution in [-0.2, 0) is 10.4 Å². The number of rotatable bonds is 6. The molecule has 1 aliphatic heterocycles. The highest BCUT2D eigenvalue weighted by molar-refractivity contribution is 6.11. The fourth-order valence-electron chi connectivity index (χ4n) is 3.12. The number of nitrogens with zero attached hydrogens (tertiary/aromatic N) is 2. The molecule has 0 saturated heterocycles. The molecule has 0 unspecified atom stereocenters. The molecule has 1 amide bonds. The zero-order valence-electron chi connectivity index (χ0n) is 13.8. The Morgan fingerprint density at radius 3 is 2.69 bits per heavy atom. The van der Waals surface area contributed by atoms with Crippen molar-refractivity contribution >= 4 is 23.1 Å². The van der Waals surface area contributed by atoms with Gasteiger partial charge in [0.15, 0.2) is 11.4 Å². The predicted octanol–water partition coefficient (Wildman–Crippen LogP) is 2.59. The normalized spacial score (nSPS) is 18.5. The molecule has 132 valence electrons. The Balaban J connectivity index is 1.97. The van der Waals surface area contributed by atoms with Crippen LogP contribution in [0.4, 0.5) is 11.4 Å². The zero-order valence-corrected chi connectivity index (χ0v) is 13.8. The lowest BCUT2D eigenvalue weighted by Gasteiger charge is -2.22. The van der Waals surface area contributed by atoms with E-state index < -0.39 is 28.6 Å². The third kappa shape index (κ3) is 2.78. The van der Waals surface area contributed by atoms with Gasteiger partial charge in [-0.2, -0.15) is 0 Å². The summed E-state index contributed by atoms with van der Waals surface area (Å²) in [6, 6.07) is 11.9. The van der Waals surface area contributed by atoms with Gasteiger partial charge in [-0.05, 0) is 6.07 Å². The summed E-state index contributed by atoms with van der Waals surface area (Å²) < 4.78 is 0. The Labute approximate surface area is 149 Å². The maximum Gasteiger partial charge on any atom is 0.270 e. The number of amides is 1. The number of non-ortho nitro benzene ring substituents is 1. The summed E-state index contributed by atoms with van der Waals surface area (Å²) in [5, 5.41) is 21.9. The molecule has 1 atom stereocenters. The molecule has 0 aliphatic carbocycles. The average Bonchev–Trinajstić information content (AvgIpc) is 2.84. The minimum absolute atomic E-state index is 0.0695. The maximum atomic E-state index is 12.8. The van der Waals surface area contributed by atoms with Crippen LogP contribution in [0.15, 0.2) is 61.2 Å². The van der Waals surface area contributed by atoms with Crippen LogP contribution in [0.5, 0.6) is 0 Å². The third-order valence-corrected chi connectivity index (χ3v) is 4.35. The first kappa shape index (κ1) is 17.5. The molecule has 7 heteroatoms. The number of aliphatic hydroxyl groups is 1. The van der Waals surface area contributed by atoms with Crippen molar-refractivity contribution in [1.82, 2.24) is 0 Å². The molecule has 0 spiro atoms. The van der Waals surface area contributed by atoms with Gasteiger partial charge in [0, 0.05) is 29.8 Å². The standard InChI is InChI=1S/C19H16N2O5/c1-2-10-20-16-9-4-3-8-15(16)19(24,18(20)23)12-17(22)13-6-5-7-14(11-13)21(25)26/h2-9,11,24H,1,10,12H2/t19-/m0/s1. The van der Waals surface area contributed by atoms with E-state index in [1.807, 2.05) is 0 Å². The minimum atomic E-state index is -2.01. The van der Waals surface area contributed by atoms with Crippen LogP contribution in [0.1, 0.15) is 22.3 Å². The second-order valence-electron chi connectivity index (χ2n) is 5.99. The van der Waals surface area contributed by atoms with E-state index >= 15 is 0 Å².